The van der Waals surface area contributed by atoms with Crippen molar-refractivity contribution in [2.45, 2.75) is 38.6 Å². The topological polar surface area (TPSA) is 50.8 Å². The van der Waals surface area contributed by atoms with Crippen molar-refractivity contribution in [3.63, 3.8) is 0 Å². The minimum absolute atomic E-state index is 0.0848. The van der Waals surface area contributed by atoms with E-state index in [0.29, 0.717) is 44.2 Å². The van der Waals surface area contributed by atoms with Gasteiger partial charge in [-0.2, -0.15) is 0 Å². The summed E-state index contributed by atoms with van der Waals surface area (Å²) in [6.07, 6.45) is 5.05. The van der Waals surface area contributed by atoms with Gasteiger partial charge in [-0.25, -0.2) is 4.79 Å². The van der Waals surface area contributed by atoms with Gasteiger partial charge in [0.25, 0.3) is 0 Å². The van der Waals surface area contributed by atoms with Gasteiger partial charge in [-0.1, -0.05) is 19.8 Å². The molecule has 20 heavy (non-hydrogen) atoms. The van der Waals surface area contributed by atoms with Gasteiger partial charge in [-0.15, -0.1) is 0 Å². The van der Waals surface area contributed by atoms with Crippen LogP contribution >= 0.6 is 0 Å². The maximum absolute atomic E-state index is 12.3. The van der Waals surface area contributed by atoms with Crippen LogP contribution in [0.4, 0.5) is 4.79 Å². The predicted molar refractivity (Wildman–Crippen MR) is 77.7 cm³/mol. The van der Waals surface area contributed by atoms with Crippen LogP contribution < -0.4 is 5.32 Å². The van der Waals surface area contributed by atoms with Crippen LogP contribution in [0, 0.1) is 11.8 Å². The Morgan fingerprint density at radius 1 is 1.25 bits per heavy atom. The summed E-state index contributed by atoms with van der Waals surface area (Å²) in [6.45, 7) is 5.49. The minimum Gasteiger partial charge on any atom is -0.382 e. The highest BCUT2D eigenvalue weighted by Crippen LogP contribution is 2.39. The first-order valence-electron chi connectivity index (χ1n) is 7.85. The van der Waals surface area contributed by atoms with Crippen molar-refractivity contribution in [3.8, 4) is 0 Å². The Hall–Kier alpha value is -0.810. The molecule has 116 valence electrons. The largest absolute Gasteiger partial charge is 0.382 e. The number of ether oxygens (including phenoxy) is 2. The summed E-state index contributed by atoms with van der Waals surface area (Å²) in [5.41, 5.74) is 0. The third-order valence-electron chi connectivity index (χ3n) is 4.61. The molecule has 2 amide bonds. The molecule has 0 spiro atoms. The number of amides is 2. The molecule has 1 heterocycles. The molecule has 0 aromatic heterocycles. The molecule has 5 nitrogen and oxygen atoms in total. The third-order valence-corrected chi connectivity index (χ3v) is 4.61. The number of nitrogens with one attached hydrogen (secondary N) is 1. The lowest BCUT2D eigenvalue weighted by Gasteiger charge is -2.32. The Kier molecular flexibility index (Phi) is 6.10. The molecule has 0 bridgehead atoms. The second-order valence-electron chi connectivity index (χ2n) is 5.98. The van der Waals surface area contributed by atoms with Crippen molar-refractivity contribution in [2.75, 3.05) is 40.0 Å². The maximum Gasteiger partial charge on any atom is 0.317 e. The summed E-state index contributed by atoms with van der Waals surface area (Å²) in [6, 6.07) is 0.551. The average molecular weight is 284 g/mol. The Morgan fingerprint density at radius 3 is 2.85 bits per heavy atom. The zero-order chi connectivity index (χ0) is 14.4. The van der Waals surface area contributed by atoms with E-state index in [9.17, 15) is 4.79 Å². The van der Waals surface area contributed by atoms with Gasteiger partial charge < -0.3 is 19.7 Å². The van der Waals surface area contributed by atoms with E-state index in [0.717, 1.165) is 6.54 Å². The van der Waals surface area contributed by atoms with Gasteiger partial charge in [-0.3, -0.25) is 0 Å². The summed E-state index contributed by atoms with van der Waals surface area (Å²) in [4.78, 5) is 14.3. The Balaban J connectivity index is 1.69. The normalized spacial score (nSPS) is 29.3. The summed E-state index contributed by atoms with van der Waals surface area (Å²) in [5, 5.41) is 2.98. The van der Waals surface area contributed by atoms with Gasteiger partial charge in [0.1, 0.15) is 0 Å². The zero-order valence-electron chi connectivity index (χ0n) is 12.8. The first kappa shape index (κ1) is 15.6. The minimum atomic E-state index is 0.0848. The first-order chi connectivity index (χ1) is 9.74. The van der Waals surface area contributed by atoms with Crippen LogP contribution in [-0.2, 0) is 9.47 Å². The molecule has 3 atom stereocenters. The molecular formula is C15H28N2O3. The molecule has 1 saturated carbocycles. The van der Waals surface area contributed by atoms with Crippen molar-refractivity contribution >= 4 is 6.03 Å². The highest BCUT2D eigenvalue weighted by molar-refractivity contribution is 5.75. The van der Waals surface area contributed by atoms with Crippen molar-refractivity contribution in [3.05, 3.63) is 0 Å². The smallest absolute Gasteiger partial charge is 0.317 e. The molecule has 2 fully saturated rings. The number of nitrogens with zero attached hydrogens (tertiary/aromatic N) is 1. The maximum atomic E-state index is 12.3. The number of rotatable bonds is 6. The quantitative estimate of drug-likeness (QED) is 0.758. The molecular weight excluding hydrogens is 256 g/mol. The van der Waals surface area contributed by atoms with Crippen LogP contribution in [0.15, 0.2) is 0 Å². The van der Waals surface area contributed by atoms with Crippen LogP contribution in [0.2, 0.25) is 0 Å². The molecule has 2 aliphatic rings. The number of urea groups is 1. The van der Waals surface area contributed by atoms with Crippen LogP contribution in [0.1, 0.15) is 32.6 Å². The molecule has 1 N–H and O–H groups in total. The third kappa shape index (κ3) is 3.85. The number of hydrogen-bond donors (Lipinski definition) is 1. The highest BCUT2D eigenvalue weighted by atomic mass is 16.5. The lowest BCUT2D eigenvalue weighted by Crippen LogP contribution is -2.45. The summed E-state index contributed by atoms with van der Waals surface area (Å²) in [7, 11) is 1.65. The Bertz CT molecular complexity index is 311. The van der Waals surface area contributed by atoms with Crippen LogP contribution in [0.3, 0.4) is 0 Å². The van der Waals surface area contributed by atoms with Gasteiger partial charge in [0.15, 0.2) is 0 Å². The van der Waals surface area contributed by atoms with E-state index in [1.807, 2.05) is 0 Å². The number of carbonyl (C=O) groups is 1. The average Bonchev–Trinajstić information content (AvgIpc) is 2.80. The SMILES string of the molecule is COCCOCCNC(=O)N1C[C@H](C)[C@H]2CCCC[C@@H]21. The van der Waals surface area contributed by atoms with Gasteiger partial charge >= 0.3 is 6.03 Å². The molecule has 0 radical (unpaired) electrons. The summed E-state index contributed by atoms with van der Waals surface area (Å²) in [5.74, 6) is 1.36. The molecule has 1 saturated heterocycles. The highest BCUT2D eigenvalue weighted by Gasteiger charge is 2.42. The fraction of sp³-hybridized carbons (Fsp3) is 0.933. The van der Waals surface area contributed by atoms with Crippen LogP contribution in [0.25, 0.3) is 0 Å². The molecule has 2 rings (SSSR count). The van der Waals surface area contributed by atoms with E-state index in [1.54, 1.807) is 7.11 Å². The van der Waals surface area contributed by atoms with Crippen LogP contribution in [0.5, 0.6) is 0 Å². The molecule has 0 unspecified atom stereocenters. The van der Waals surface area contributed by atoms with E-state index in [1.165, 1.54) is 25.7 Å². The van der Waals surface area contributed by atoms with E-state index in [4.69, 9.17) is 9.47 Å². The Morgan fingerprint density at radius 2 is 2.05 bits per heavy atom. The van der Waals surface area contributed by atoms with E-state index in [-0.39, 0.29) is 6.03 Å². The predicted octanol–water partition coefficient (Wildman–Crippen LogP) is 1.87. The molecule has 0 aromatic carbocycles. The Labute approximate surface area is 122 Å². The van der Waals surface area contributed by atoms with Crippen molar-refractivity contribution in [2.24, 2.45) is 11.8 Å². The lowest BCUT2D eigenvalue weighted by atomic mass is 9.80. The second-order valence-corrected chi connectivity index (χ2v) is 5.98. The van der Waals surface area contributed by atoms with Gasteiger partial charge in [0, 0.05) is 26.2 Å². The molecule has 0 aromatic rings. The summed E-state index contributed by atoms with van der Waals surface area (Å²) >= 11 is 0. The van der Waals surface area contributed by atoms with Crippen molar-refractivity contribution in [1.82, 2.24) is 10.2 Å². The standard InChI is InChI=1S/C15H28N2O3/c1-12-11-17(14-6-4-3-5-13(12)14)15(18)16-7-8-20-10-9-19-2/h12-14H,3-11H2,1-2H3,(H,16,18)/t12-,13+,14-/m0/s1. The van der Waals surface area contributed by atoms with E-state index < -0.39 is 0 Å². The monoisotopic (exact) mass is 284 g/mol. The van der Waals surface area contributed by atoms with E-state index >= 15 is 0 Å². The molecule has 1 aliphatic carbocycles. The number of carbonyl (C=O) groups excluding carboxylic acids is 1. The fourth-order valence-electron chi connectivity index (χ4n) is 3.58. The van der Waals surface area contributed by atoms with Crippen molar-refractivity contribution < 1.29 is 14.3 Å². The lowest BCUT2D eigenvalue weighted by molar-refractivity contribution is 0.0718. The number of methoxy groups -OCH3 is 1. The van der Waals surface area contributed by atoms with E-state index in [2.05, 4.69) is 17.1 Å². The second kappa shape index (κ2) is 7.84. The number of likely N-dealkylation sites (tertiary alicyclic amines) is 1. The summed E-state index contributed by atoms with van der Waals surface area (Å²) < 4.78 is 10.3. The number of hydrogen-bond acceptors (Lipinski definition) is 3. The van der Waals surface area contributed by atoms with Crippen molar-refractivity contribution in [1.29, 1.82) is 0 Å². The first-order valence-corrected chi connectivity index (χ1v) is 7.85. The number of fused-ring (bicyclic) bond motifs is 1. The van der Waals surface area contributed by atoms with Gasteiger partial charge in [0.05, 0.1) is 19.8 Å². The molecule has 1 aliphatic heterocycles. The zero-order valence-corrected chi connectivity index (χ0v) is 12.8. The van der Waals surface area contributed by atoms with Gasteiger partial charge in [-0.05, 0) is 24.7 Å². The fourth-order valence-corrected chi connectivity index (χ4v) is 3.58. The molecule has 5 heteroatoms. The van der Waals surface area contributed by atoms with Crippen LogP contribution in [-0.4, -0.2) is 57.0 Å². The van der Waals surface area contributed by atoms with Gasteiger partial charge in [0.2, 0.25) is 0 Å².